The molecule has 0 aromatic carbocycles. The molecule has 2 aromatic heterocycles. The average molecular weight is 406 g/mol. The normalized spacial score (nSPS) is 31.7. The molecule has 0 spiro atoms. The summed E-state index contributed by atoms with van der Waals surface area (Å²) < 4.78 is 0. The molecule has 7 rings (SSSR count). The van der Waals surface area contributed by atoms with E-state index in [-0.39, 0.29) is 11.9 Å². The Hall–Kier alpha value is -2.77. The summed E-state index contributed by atoms with van der Waals surface area (Å²) in [7, 11) is 0. The van der Waals surface area contributed by atoms with Crippen molar-refractivity contribution in [2.45, 2.75) is 69.5 Å². The van der Waals surface area contributed by atoms with Crippen molar-refractivity contribution in [3.8, 4) is 11.3 Å². The van der Waals surface area contributed by atoms with E-state index in [2.05, 4.69) is 25.8 Å². The van der Waals surface area contributed by atoms with Crippen LogP contribution in [-0.2, 0) is 4.79 Å². The van der Waals surface area contributed by atoms with Crippen LogP contribution in [-0.4, -0.2) is 55.4 Å². The first-order valence-electron chi connectivity index (χ1n) is 11.1. The first kappa shape index (κ1) is 18.0. The van der Waals surface area contributed by atoms with Gasteiger partial charge in [0.1, 0.15) is 0 Å². The molecule has 156 valence electrons. The van der Waals surface area contributed by atoms with Crippen molar-refractivity contribution in [3.63, 3.8) is 0 Å². The molecule has 4 bridgehead atoms. The van der Waals surface area contributed by atoms with Crippen molar-refractivity contribution in [3.05, 3.63) is 24.2 Å². The minimum Gasteiger partial charge on any atom is -0.368 e. The smallest absolute Gasteiger partial charge is 0.226 e. The minimum absolute atomic E-state index is 0.209. The molecule has 30 heavy (non-hydrogen) atoms. The molecule has 4 saturated heterocycles. The van der Waals surface area contributed by atoms with Crippen LogP contribution in [0.1, 0.15) is 57.1 Å². The van der Waals surface area contributed by atoms with Gasteiger partial charge in [-0.3, -0.25) is 4.79 Å². The van der Waals surface area contributed by atoms with Gasteiger partial charge in [0, 0.05) is 61.2 Å². The molecule has 1 saturated carbocycles. The predicted molar refractivity (Wildman–Crippen MR) is 113 cm³/mol. The second-order valence-corrected chi connectivity index (χ2v) is 9.43. The minimum atomic E-state index is 0.209. The van der Waals surface area contributed by atoms with Gasteiger partial charge >= 0.3 is 0 Å². The van der Waals surface area contributed by atoms with Crippen LogP contribution in [0.4, 0.5) is 11.9 Å². The first-order valence-corrected chi connectivity index (χ1v) is 11.1. The summed E-state index contributed by atoms with van der Waals surface area (Å²) in [4.78, 5) is 34.9. The molecule has 2 atom stereocenters. The van der Waals surface area contributed by atoms with Crippen molar-refractivity contribution in [1.82, 2.24) is 24.8 Å². The SMILES string of the molecule is CC(=O)N1C2CCC1CC(c1cc(-c3cnc(N)nc3)nc(N3CC4CC3C4)n1)C2. The maximum Gasteiger partial charge on any atom is 0.226 e. The van der Waals surface area contributed by atoms with Gasteiger partial charge in [0.25, 0.3) is 0 Å². The molecule has 2 aromatic rings. The molecule has 2 unspecified atom stereocenters. The van der Waals surface area contributed by atoms with E-state index in [0.29, 0.717) is 24.0 Å². The molecular formula is C22H27N7O. The van der Waals surface area contributed by atoms with Crippen LogP contribution < -0.4 is 10.6 Å². The maximum absolute atomic E-state index is 12.1. The third-order valence-corrected chi connectivity index (χ3v) is 7.58. The zero-order valence-electron chi connectivity index (χ0n) is 17.2. The molecule has 4 aliphatic heterocycles. The predicted octanol–water partition coefficient (Wildman–Crippen LogP) is 2.37. The molecular weight excluding hydrogens is 378 g/mol. The lowest BCUT2D eigenvalue weighted by Gasteiger charge is -2.38. The highest BCUT2D eigenvalue weighted by Gasteiger charge is 2.45. The number of anilines is 2. The fourth-order valence-corrected chi connectivity index (χ4v) is 6.12. The van der Waals surface area contributed by atoms with Gasteiger partial charge in [-0.15, -0.1) is 0 Å². The topological polar surface area (TPSA) is 101 Å². The van der Waals surface area contributed by atoms with E-state index in [1.807, 2.05) is 0 Å². The summed E-state index contributed by atoms with van der Waals surface area (Å²) in [5.41, 5.74) is 8.50. The van der Waals surface area contributed by atoms with Gasteiger partial charge in [-0.2, -0.15) is 0 Å². The van der Waals surface area contributed by atoms with Gasteiger partial charge in [-0.25, -0.2) is 19.9 Å². The first-order chi connectivity index (χ1) is 14.5. The third-order valence-electron chi connectivity index (χ3n) is 7.58. The van der Waals surface area contributed by atoms with Crippen molar-refractivity contribution in [2.75, 3.05) is 17.2 Å². The van der Waals surface area contributed by atoms with Gasteiger partial charge in [0.2, 0.25) is 17.8 Å². The molecule has 8 nitrogen and oxygen atoms in total. The van der Waals surface area contributed by atoms with E-state index < -0.39 is 0 Å². The number of nitrogen functional groups attached to an aromatic ring is 1. The van der Waals surface area contributed by atoms with Crippen LogP contribution in [0.25, 0.3) is 11.3 Å². The number of amides is 1. The van der Waals surface area contributed by atoms with Crippen molar-refractivity contribution in [2.24, 2.45) is 5.92 Å². The van der Waals surface area contributed by atoms with Crippen LogP contribution in [0.5, 0.6) is 0 Å². The average Bonchev–Trinajstić information content (AvgIpc) is 3.39. The number of carbonyl (C=O) groups is 1. The molecule has 5 fully saturated rings. The van der Waals surface area contributed by atoms with Crippen LogP contribution in [0, 0.1) is 5.92 Å². The molecule has 5 aliphatic rings. The van der Waals surface area contributed by atoms with E-state index in [1.165, 1.54) is 12.8 Å². The fraction of sp³-hybridized carbons (Fsp3) is 0.591. The molecule has 1 aliphatic carbocycles. The van der Waals surface area contributed by atoms with E-state index in [9.17, 15) is 4.79 Å². The summed E-state index contributed by atoms with van der Waals surface area (Å²) in [5.74, 6) is 2.46. The lowest BCUT2D eigenvalue weighted by Crippen LogP contribution is -2.45. The zero-order chi connectivity index (χ0) is 20.4. The van der Waals surface area contributed by atoms with Gasteiger partial charge in [0.05, 0.1) is 5.69 Å². The molecule has 1 amide bonds. The number of nitrogens with two attached hydrogens (primary N) is 1. The Morgan fingerprint density at radius 2 is 1.73 bits per heavy atom. The Balaban J connectivity index is 1.37. The second kappa shape index (κ2) is 6.62. The number of fused-ring (bicyclic) bond motifs is 3. The molecule has 0 radical (unpaired) electrons. The Bertz CT molecular complexity index is 973. The van der Waals surface area contributed by atoms with Crippen LogP contribution in [0.3, 0.4) is 0 Å². The molecule has 6 heterocycles. The highest BCUT2D eigenvalue weighted by Crippen LogP contribution is 2.45. The van der Waals surface area contributed by atoms with Crippen LogP contribution in [0.15, 0.2) is 18.5 Å². The van der Waals surface area contributed by atoms with Crippen LogP contribution in [0.2, 0.25) is 0 Å². The van der Waals surface area contributed by atoms with E-state index in [1.54, 1.807) is 19.3 Å². The van der Waals surface area contributed by atoms with Gasteiger partial charge in [-0.05, 0) is 50.5 Å². The summed E-state index contributed by atoms with van der Waals surface area (Å²) in [6.45, 7) is 2.76. The van der Waals surface area contributed by atoms with E-state index >= 15 is 0 Å². The highest BCUT2D eigenvalue weighted by atomic mass is 16.2. The van der Waals surface area contributed by atoms with Crippen LogP contribution >= 0.6 is 0 Å². The highest BCUT2D eigenvalue weighted by molar-refractivity contribution is 5.74. The van der Waals surface area contributed by atoms with E-state index in [0.717, 1.165) is 61.0 Å². The Morgan fingerprint density at radius 1 is 1.03 bits per heavy atom. The van der Waals surface area contributed by atoms with E-state index in [4.69, 9.17) is 15.7 Å². The zero-order valence-corrected chi connectivity index (χ0v) is 17.2. The fourth-order valence-electron chi connectivity index (χ4n) is 6.12. The second-order valence-electron chi connectivity index (χ2n) is 9.43. The van der Waals surface area contributed by atoms with Gasteiger partial charge < -0.3 is 15.5 Å². The number of hydrogen-bond acceptors (Lipinski definition) is 7. The Morgan fingerprint density at radius 3 is 2.33 bits per heavy atom. The lowest BCUT2D eigenvalue weighted by molar-refractivity contribution is -0.133. The maximum atomic E-state index is 12.1. The molecule has 8 heteroatoms. The monoisotopic (exact) mass is 405 g/mol. The quantitative estimate of drug-likeness (QED) is 0.836. The number of hydrogen-bond donors (Lipinski definition) is 1. The third kappa shape index (κ3) is 2.84. The summed E-state index contributed by atoms with van der Waals surface area (Å²) in [6.07, 6.45) is 10.2. The number of rotatable bonds is 3. The summed E-state index contributed by atoms with van der Waals surface area (Å²) in [6, 6.07) is 3.36. The number of nitrogens with zero attached hydrogens (tertiary/aromatic N) is 6. The Labute approximate surface area is 175 Å². The van der Waals surface area contributed by atoms with Crippen molar-refractivity contribution in [1.29, 1.82) is 0 Å². The number of piperidine rings is 1. The number of aromatic nitrogens is 4. The van der Waals surface area contributed by atoms with Gasteiger partial charge in [-0.1, -0.05) is 0 Å². The van der Waals surface area contributed by atoms with Gasteiger partial charge in [0.15, 0.2) is 0 Å². The Kier molecular flexibility index (Phi) is 3.98. The molecule has 2 N–H and O–H groups in total. The van der Waals surface area contributed by atoms with Crippen molar-refractivity contribution >= 4 is 17.8 Å². The largest absolute Gasteiger partial charge is 0.368 e. The summed E-state index contributed by atoms with van der Waals surface area (Å²) >= 11 is 0. The number of carbonyl (C=O) groups excluding carboxylic acids is 1. The standard InChI is InChI=1S/C22H27N7O/c1-12(30)29-16-2-3-17(29)7-14(6-16)19-8-20(15-9-24-21(23)25-10-15)27-22(26-19)28-11-13-4-18(28)5-13/h8-10,13-14,16-18H,2-7,11H2,1H3,(H2,23,24,25). The van der Waals surface area contributed by atoms with Crippen molar-refractivity contribution < 1.29 is 4.79 Å². The lowest BCUT2D eigenvalue weighted by atomic mass is 9.86. The summed E-state index contributed by atoms with van der Waals surface area (Å²) in [5, 5.41) is 0.